The average molecular weight is 168 g/mol. The lowest BCUT2D eigenvalue weighted by Crippen LogP contribution is -2.43. The highest BCUT2D eigenvalue weighted by molar-refractivity contribution is 4.92. The molecule has 2 atom stereocenters. The molecule has 0 aromatic carbocycles. The minimum atomic E-state index is 0.878. The average Bonchev–Trinajstić information content (AvgIpc) is 2.73. The maximum absolute atomic E-state index is 3.63. The first-order valence-corrected chi connectivity index (χ1v) is 5.34. The third kappa shape index (κ3) is 1.99. The Labute approximate surface area is 75.1 Å². The normalized spacial score (nSPS) is 34.8. The molecule has 1 heterocycles. The van der Waals surface area contributed by atoms with Crippen LogP contribution in [0.1, 0.15) is 26.2 Å². The summed E-state index contributed by atoms with van der Waals surface area (Å²) < 4.78 is 0. The second-order valence-electron chi connectivity index (χ2n) is 4.28. The zero-order valence-electron chi connectivity index (χ0n) is 7.97. The molecule has 0 bridgehead atoms. The van der Waals surface area contributed by atoms with Crippen LogP contribution in [0.3, 0.4) is 0 Å². The zero-order chi connectivity index (χ0) is 8.39. The summed E-state index contributed by atoms with van der Waals surface area (Å²) in [5, 5.41) is 6.94. The first-order valence-electron chi connectivity index (χ1n) is 5.34. The lowest BCUT2D eigenvalue weighted by Gasteiger charge is -2.27. The van der Waals surface area contributed by atoms with Gasteiger partial charge in [-0.1, -0.05) is 13.3 Å². The van der Waals surface area contributed by atoms with Gasteiger partial charge in [0.25, 0.3) is 0 Å². The van der Waals surface area contributed by atoms with Crippen molar-refractivity contribution in [3.63, 3.8) is 0 Å². The standard InChI is InChI=1S/C10H20N2/c1-2-9-5-10(9)12-4-3-8-6-11-7-8/h8-12H,2-7H2,1H3. The molecule has 0 spiro atoms. The molecule has 12 heavy (non-hydrogen) atoms. The molecule has 2 unspecified atom stereocenters. The van der Waals surface area contributed by atoms with Gasteiger partial charge in [-0.3, -0.25) is 0 Å². The van der Waals surface area contributed by atoms with E-state index in [9.17, 15) is 0 Å². The highest BCUT2D eigenvalue weighted by Crippen LogP contribution is 2.32. The Bertz CT molecular complexity index is 143. The summed E-state index contributed by atoms with van der Waals surface area (Å²) in [6.45, 7) is 6.04. The Morgan fingerprint density at radius 1 is 1.42 bits per heavy atom. The van der Waals surface area contributed by atoms with Crippen LogP contribution in [0.2, 0.25) is 0 Å². The van der Waals surface area contributed by atoms with E-state index in [2.05, 4.69) is 17.6 Å². The van der Waals surface area contributed by atoms with Gasteiger partial charge in [0.2, 0.25) is 0 Å². The van der Waals surface area contributed by atoms with E-state index in [4.69, 9.17) is 0 Å². The van der Waals surface area contributed by atoms with Gasteiger partial charge < -0.3 is 10.6 Å². The molecule has 2 fully saturated rings. The highest BCUT2D eigenvalue weighted by Gasteiger charge is 2.34. The molecule has 1 saturated heterocycles. The predicted molar refractivity (Wildman–Crippen MR) is 51.2 cm³/mol. The topological polar surface area (TPSA) is 24.1 Å². The van der Waals surface area contributed by atoms with Gasteiger partial charge >= 0.3 is 0 Å². The van der Waals surface area contributed by atoms with Crippen LogP contribution in [0, 0.1) is 11.8 Å². The van der Waals surface area contributed by atoms with Gasteiger partial charge in [-0.15, -0.1) is 0 Å². The monoisotopic (exact) mass is 168 g/mol. The Hall–Kier alpha value is -0.0800. The molecule has 70 valence electrons. The molecule has 2 aliphatic rings. The summed E-state index contributed by atoms with van der Waals surface area (Å²) in [5.74, 6) is 1.97. The predicted octanol–water partition coefficient (Wildman–Crippen LogP) is 0.984. The van der Waals surface area contributed by atoms with E-state index in [1.54, 1.807) is 0 Å². The summed E-state index contributed by atoms with van der Waals surface area (Å²) in [6, 6.07) is 0.878. The SMILES string of the molecule is CCC1CC1NCCC1CNC1. The first-order chi connectivity index (χ1) is 5.90. The second-order valence-corrected chi connectivity index (χ2v) is 4.28. The summed E-state index contributed by atoms with van der Waals surface area (Å²) in [7, 11) is 0. The molecule has 1 aliphatic heterocycles. The van der Waals surface area contributed by atoms with Gasteiger partial charge in [0.1, 0.15) is 0 Å². The van der Waals surface area contributed by atoms with Crippen molar-refractivity contribution in [2.75, 3.05) is 19.6 Å². The molecule has 0 aromatic heterocycles. The van der Waals surface area contributed by atoms with Gasteiger partial charge in [0.15, 0.2) is 0 Å². The largest absolute Gasteiger partial charge is 0.316 e. The van der Waals surface area contributed by atoms with Crippen molar-refractivity contribution in [1.29, 1.82) is 0 Å². The van der Waals surface area contributed by atoms with Crippen molar-refractivity contribution in [2.45, 2.75) is 32.2 Å². The molecule has 2 N–H and O–H groups in total. The summed E-state index contributed by atoms with van der Waals surface area (Å²) >= 11 is 0. The molecule has 2 rings (SSSR count). The van der Waals surface area contributed by atoms with E-state index in [0.717, 1.165) is 17.9 Å². The third-order valence-corrected chi connectivity index (χ3v) is 3.27. The lowest BCUT2D eigenvalue weighted by molar-refractivity contribution is 0.321. The smallest absolute Gasteiger partial charge is 0.00990 e. The van der Waals surface area contributed by atoms with Gasteiger partial charge in [-0.05, 0) is 44.3 Å². The molecular weight excluding hydrogens is 148 g/mol. The van der Waals surface area contributed by atoms with Crippen molar-refractivity contribution < 1.29 is 0 Å². The van der Waals surface area contributed by atoms with E-state index in [1.807, 2.05) is 0 Å². The Morgan fingerprint density at radius 3 is 2.75 bits per heavy atom. The second kappa shape index (κ2) is 3.75. The Kier molecular flexibility index (Phi) is 2.66. The van der Waals surface area contributed by atoms with Crippen LogP contribution in [0.4, 0.5) is 0 Å². The van der Waals surface area contributed by atoms with E-state index < -0.39 is 0 Å². The number of hydrogen-bond acceptors (Lipinski definition) is 2. The molecule has 0 amide bonds. The third-order valence-electron chi connectivity index (χ3n) is 3.27. The van der Waals surface area contributed by atoms with E-state index in [0.29, 0.717) is 0 Å². The van der Waals surface area contributed by atoms with Gasteiger partial charge in [0.05, 0.1) is 0 Å². The van der Waals surface area contributed by atoms with Gasteiger partial charge in [-0.2, -0.15) is 0 Å². The van der Waals surface area contributed by atoms with Crippen molar-refractivity contribution in [1.82, 2.24) is 10.6 Å². The Morgan fingerprint density at radius 2 is 2.25 bits per heavy atom. The lowest BCUT2D eigenvalue weighted by atomic mass is 10.00. The number of hydrogen-bond donors (Lipinski definition) is 2. The van der Waals surface area contributed by atoms with E-state index in [1.165, 1.54) is 38.9 Å². The van der Waals surface area contributed by atoms with Crippen molar-refractivity contribution in [3.05, 3.63) is 0 Å². The highest BCUT2D eigenvalue weighted by atomic mass is 15.0. The minimum Gasteiger partial charge on any atom is -0.316 e. The van der Waals surface area contributed by atoms with Crippen LogP contribution in [-0.4, -0.2) is 25.7 Å². The number of nitrogens with one attached hydrogen (secondary N) is 2. The fourth-order valence-electron chi connectivity index (χ4n) is 1.97. The first kappa shape index (κ1) is 8.52. The molecular formula is C10H20N2. The fraction of sp³-hybridized carbons (Fsp3) is 1.00. The quantitative estimate of drug-likeness (QED) is 0.639. The minimum absolute atomic E-state index is 0.878. The van der Waals surface area contributed by atoms with Crippen LogP contribution in [0.15, 0.2) is 0 Å². The van der Waals surface area contributed by atoms with Crippen molar-refractivity contribution in [2.24, 2.45) is 11.8 Å². The molecule has 0 radical (unpaired) electrons. The van der Waals surface area contributed by atoms with Crippen LogP contribution in [-0.2, 0) is 0 Å². The fourth-order valence-corrected chi connectivity index (χ4v) is 1.97. The molecule has 1 saturated carbocycles. The number of rotatable bonds is 5. The van der Waals surface area contributed by atoms with Crippen LogP contribution in [0.5, 0.6) is 0 Å². The Balaban J connectivity index is 1.47. The molecule has 1 aliphatic carbocycles. The molecule has 2 heteroatoms. The van der Waals surface area contributed by atoms with Crippen molar-refractivity contribution >= 4 is 0 Å². The van der Waals surface area contributed by atoms with Gasteiger partial charge in [-0.25, -0.2) is 0 Å². The van der Waals surface area contributed by atoms with E-state index >= 15 is 0 Å². The van der Waals surface area contributed by atoms with Crippen LogP contribution >= 0.6 is 0 Å². The van der Waals surface area contributed by atoms with E-state index in [-0.39, 0.29) is 0 Å². The van der Waals surface area contributed by atoms with Gasteiger partial charge in [0, 0.05) is 6.04 Å². The summed E-state index contributed by atoms with van der Waals surface area (Å²) in [4.78, 5) is 0. The maximum Gasteiger partial charge on any atom is 0.00990 e. The zero-order valence-corrected chi connectivity index (χ0v) is 7.97. The molecule has 0 aromatic rings. The van der Waals surface area contributed by atoms with Crippen LogP contribution in [0.25, 0.3) is 0 Å². The maximum atomic E-state index is 3.63. The summed E-state index contributed by atoms with van der Waals surface area (Å²) in [6.07, 6.45) is 4.17. The van der Waals surface area contributed by atoms with Crippen LogP contribution < -0.4 is 10.6 Å². The molecule has 2 nitrogen and oxygen atoms in total. The summed E-state index contributed by atoms with van der Waals surface area (Å²) in [5.41, 5.74) is 0. The van der Waals surface area contributed by atoms with Crippen molar-refractivity contribution in [3.8, 4) is 0 Å².